The van der Waals surface area contributed by atoms with Crippen molar-refractivity contribution in [3.8, 4) is 0 Å². The van der Waals surface area contributed by atoms with E-state index < -0.39 is 0 Å². The van der Waals surface area contributed by atoms with Gasteiger partial charge in [-0.3, -0.25) is 4.79 Å². The third kappa shape index (κ3) is 4.03. The van der Waals surface area contributed by atoms with Crippen LogP contribution in [-0.4, -0.2) is 42.9 Å². The lowest BCUT2D eigenvalue weighted by Gasteiger charge is -2.17. The summed E-state index contributed by atoms with van der Waals surface area (Å²) in [5, 5.41) is 0. The molecule has 1 amide bonds. The first kappa shape index (κ1) is 12.8. The zero-order valence-electron chi connectivity index (χ0n) is 9.61. The predicted molar refractivity (Wildman–Crippen MR) is 64.2 cm³/mol. The molecule has 0 aromatic carbocycles. The van der Waals surface area contributed by atoms with Crippen LogP contribution in [0.1, 0.15) is 20.3 Å². The Hall–Kier alpha value is -0.220. The van der Waals surface area contributed by atoms with Crippen molar-refractivity contribution in [1.29, 1.82) is 0 Å². The van der Waals surface area contributed by atoms with Crippen molar-refractivity contribution in [2.24, 2.45) is 11.8 Å². The van der Waals surface area contributed by atoms with Gasteiger partial charge in [0.25, 0.3) is 0 Å². The number of nitrogens with zero attached hydrogens (tertiary/aromatic N) is 1. The minimum absolute atomic E-state index is 0.281. The zero-order valence-corrected chi connectivity index (χ0v) is 10.5. The average molecular weight is 231 g/mol. The fraction of sp³-hybridized carbons (Fsp3) is 0.909. The van der Waals surface area contributed by atoms with Crippen LogP contribution in [0.5, 0.6) is 0 Å². The summed E-state index contributed by atoms with van der Waals surface area (Å²) in [5.74, 6) is 2.14. The summed E-state index contributed by atoms with van der Waals surface area (Å²) >= 11 is 4.06. The van der Waals surface area contributed by atoms with E-state index in [1.807, 2.05) is 4.90 Å². The standard InChI is InChI=1S/C11H21NO2S/c1-9(2)10-7-11(13)12(8-10)3-4-14-5-6-15/h9-10,15H,3-8H2,1-2H3. The van der Waals surface area contributed by atoms with E-state index in [2.05, 4.69) is 26.5 Å². The molecule has 0 aliphatic carbocycles. The maximum Gasteiger partial charge on any atom is 0.223 e. The number of carbonyl (C=O) groups excluding carboxylic acids is 1. The maximum atomic E-state index is 11.6. The molecule has 0 radical (unpaired) electrons. The van der Waals surface area contributed by atoms with E-state index in [0.29, 0.717) is 31.5 Å². The molecular formula is C11H21NO2S. The Labute approximate surface area is 97.6 Å². The molecule has 0 aromatic heterocycles. The third-order valence-electron chi connectivity index (χ3n) is 2.93. The highest BCUT2D eigenvalue weighted by Crippen LogP contribution is 2.24. The van der Waals surface area contributed by atoms with E-state index in [9.17, 15) is 4.79 Å². The normalized spacial score (nSPS) is 21.7. The van der Waals surface area contributed by atoms with Gasteiger partial charge in [-0.05, 0) is 11.8 Å². The number of likely N-dealkylation sites (tertiary alicyclic amines) is 1. The van der Waals surface area contributed by atoms with Gasteiger partial charge in [0.2, 0.25) is 5.91 Å². The first-order valence-electron chi connectivity index (χ1n) is 5.61. The highest BCUT2D eigenvalue weighted by molar-refractivity contribution is 7.80. The smallest absolute Gasteiger partial charge is 0.223 e. The fourth-order valence-electron chi connectivity index (χ4n) is 1.81. The predicted octanol–water partition coefficient (Wildman–Crippen LogP) is 1.44. The minimum atomic E-state index is 0.281. The highest BCUT2D eigenvalue weighted by atomic mass is 32.1. The van der Waals surface area contributed by atoms with Crippen LogP contribution in [-0.2, 0) is 9.53 Å². The molecule has 1 saturated heterocycles. The Bertz CT molecular complexity index is 209. The van der Waals surface area contributed by atoms with Crippen molar-refractivity contribution in [2.45, 2.75) is 20.3 Å². The van der Waals surface area contributed by atoms with Crippen molar-refractivity contribution in [3.63, 3.8) is 0 Å². The topological polar surface area (TPSA) is 29.5 Å². The lowest BCUT2D eigenvalue weighted by molar-refractivity contribution is -0.128. The Morgan fingerprint density at radius 2 is 2.27 bits per heavy atom. The summed E-state index contributed by atoms with van der Waals surface area (Å²) < 4.78 is 5.32. The van der Waals surface area contributed by atoms with Crippen LogP contribution in [0, 0.1) is 11.8 Å². The molecule has 1 unspecified atom stereocenters. The Balaban J connectivity index is 2.22. The van der Waals surface area contributed by atoms with Gasteiger partial charge in [-0.1, -0.05) is 13.8 Å². The Morgan fingerprint density at radius 1 is 1.53 bits per heavy atom. The molecule has 3 nitrogen and oxygen atoms in total. The molecule has 1 aliphatic heterocycles. The molecule has 88 valence electrons. The quantitative estimate of drug-likeness (QED) is 0.553. The number of thiol groups is 1. The molecule has 0 saturated carbocycles. The van der Waals surface area contributed by atoms with Crippen molar-refractivity contribution < 1.29 is 9.53 Å². The number of amides is 1. The Kier molecular flexibility index (Phi) is 5.47. The van der Waals surface area contributed by atoms with E-state index in [1.165, 1.54) is 0 Å². The molecule has 1 atom stereocenters. The average Bonchev–Trinajstić information content (AvgIpc) is 2.55. The largest absolute Gasteiger partial charge is 0.379 e. The van der Waals surface area contributed by atoms with Gasteiger partial charge in [-0.25, -0.2) is 0 Å². The van der Waals surface area contributed by atoms with Gasteiger partial charge in [0.05, 0.1) is 13.2 Å². The van der Waals surface area contributed by atoms with Crippen LogP contribution in [0.3, 0.4) is 0 Å². The van der Waals surface area contributed by atoms with Crippen LogP contribution >= 0.6 is 12.6 Å². The lowest BCUT2D eigenvalue weighted by atomic mass is 9.95. The van der Waals surface area contributed by atoms with Crippen molar-refractivity contribution >= 4 is 18.5 Å². The number of rotatable bonds is 6. The van der Waals surface area contributed by atoms with Crippen molar-refractivity contribution in [2.75, 3.05) is 32.1 Å². The first-order chi connectivity index (χ1) is 7.15. The van der Waals surface area contributed by atoms with Crippen LogP contribution in [0.25, 0.3) is 0 Å². The van der Waals surface area contributed by atoms with Gasteiger partial charge in [0.1, 0.15) is 0 Å². The number of hydrogen-bond donors (Lipinski definition) is 1. The second kappa shape index (κ2) is 6.38. The van der Waals surface area contributed by atoms with Crippen molar-refractivity contribution in [1.82, 2.24) is 4.90 Å². The van der Waals surface area contributed by atoms with E-state index >= 15 is 0 Å². The van der Waals surface area contributed by atoms with Gasteiger partial charge >= 0.3 is 0 Å². The summed E-state index contributed by atoms with van der Waals surface area (Å²) in [7, 11) is 0. The summed E-state index contributed by atoms with van der Waals surface area (Å²) in [6.45, 7) is 7.30. The van der Waals surface area contributed by atoms with Gasteiger partial charge < -0.3 is 9.64 Å². The molecule has 0 spiro atoms. The van der Waals surface area contributed by atoms with Crippen molar-refractivity contribution in [3.05, 3.63) is 0 Å². The SMILES string of the molecule is CC(C)C1CC(=O)N(CCOCCS)C1. The van der Waals surface area contributed by atoms with Crippen LogP contribution in [0.2, 0.25) is 0 Å². The van der Waals surface area contributed by atoms with Crippen LogP contribution in [0.15, 0.2) is 0 Å². The number of ether oxygens (including phenoxy) is 1. The summed E-state index contributed by atoms with van der Waals surface area (Å²) in [5.41, 5.74) is 0. The fourth-order valence-corrected chi connectivity index (χ4v) is 1.94. The van der Waals surface area contributed by atoms with Gasteiger partial charge in [0.15, 0.2) is 0 Å². The van der Waals surface area contributed by atoms with Gasteiger partial charge in [-0.15, -0.1) is 0 Å². The molecular weight excluding hydrogens is 210 g/mol. The molecule has 0 N–H and O–H groups in total. The third-order valence-corrected chi connectivity index (χ3v) is 3.11. The van der Waals surface area contributed by atoms with E-state index in [-0.39, 0.29) is 5.91 Å². The van der Waals surface area contributed by atoms with Gasteiger partial charge in [0, 0.05) is 25.3 Å². The molecule has 0 bridgehead atoms. The molecule has 1 heterocycles. The Morgan fingerprint density at radius 3 is 2.80 bits per heavy atom. The van der Waals surface area contributed by atoms with Crippen LogP contribution < -0.4 is 0 Å². The molecule has 1 aliphatic rings. The van der Waals surface area contributed by atoms with Crippen LogP contribution in [0.4, 0.5) is 0 Å². The molecule has 15 heavy (non-hydrogen) atoms. The minimum Gasteiger partial charge on any atom is -0.379 e. The zero-order chi connectivity index (χ0) is 11.3. The number of carbonyl (C=O) groups is 1. The van der Waals surface area contributed by atoms with E-state index in [0.717, 1.165) is 18.8 Å². The second-order valence-electron chi connectivity index (χ2n) is 4.38. The first-order valence-corrected chi connectivity index (χ1v) is 6.24. The summed E-state index contributed by atoms with van der Waals surface area (Å²) in [4.78, 5) is 13.5. The molecule has 1 rings (SSSR count). The summed E-state index contributed by atoms with van der Waals surface area (Å²) in [6, 6.07) is 0. The molecule has 4 heteroatoms. The molecule has 1 fully saturated rings. The maximum absolute atomic E-state index is 11.6. The number of hydrogen-bond acceptors (Lipinski definition) is 3. The lowest BCUT2D eigenvalue weighted by Crippen LogP contribution is -2.29. The highest BCUT2D eigenvalue weighted by Gasteiger charge is 2.30. The second-order valence-corrected chi connectivity index (χ2v) is 4.83. The molecule has 0 aromatic rings. The monoisotopic (exact) mass is 231 g/mol. The van der Waals surface area contributed by atoms with E-state index in [4.69, 9.17) is 4.74 Å². The van der Waals surface area contributed by atoms with Gasteiger partial charge in [-0.2, -0.15) is 12.6 Å². The summed E-state index contributed by atoms with van der Waals surface area (Å²) in [6.07, 6.45) is 0.713. The van der Waals surface area contributed by atoms with E-state index in [1.54, 1.807) is 0 Å².